The van der Waals surface area contributed by atoms with Gasteiger partial charge in [-0.25, -0.2) is 0 Å². The topological polar surface area (TPSA) is 16.4 Å². The second-order valence-electron chi connectivity index (χ2n) is 13.6. The molecule has 0 unspecified atom stereocenters. The highest BCUT2D eigenvalue weighted by Crippen LogP contribution is 2.49. The maximum atomic E-state index is 6.90. The van der Waals surface area contributed by atoms with E-state index in [9.17, 15) is 0 Å². The molecule has 0 saturated carbocycles. The maximum Gasteiger partial charge on any atom is 0.143 e. The highest BCUT2D eigenvalue weighted by atomic mass is 16.3. The normalized spacial score (nSPS) is 11.3. The van der Waals surface area contributed by atoms with Crippen LogP contribution in [-0.4, -0.2) is 0 Å². The van der Waals surface area contributed by atoms with E-state index in [0.717, 1.165) is 60.9 Å². The van der Waals surface area contributed by atoms with Crippen molar-refractivity contribution in [2.45, 2.75) is 0 Å². The van der Waals surface area contributed by atoms with Gasteiger partial charge in [0.25, 0.3) is 0 Å². The van der Waals surface area contributed by atoms with Crippen LogP contribution in [0.5, 0.6) is 0 Å². The minimum absolute atomic E-state index is 0.851. The molecule has 0 amide bonds. The number of hydrogen-bond donors (Lipinski definition) is 0. The van der Waals surface area contributed by atoms with Crippen LogP contribution in [0, 0.1) is 0 Å². The Balaban J connectivity index is 1.26. The van der Waals surface area contributed by atoms with Gasteiger partial charge in [0.2, 0.25) is 0 Å². The van der Waals surface area contributed by atoms with Crippen LogP contribution in [0.15, 0.2) is 217 Å². The second-order valence-corrected chi connectivity index (χ2v) is 13.6. The Bertz CT molecular complexity index is 2910. The zero-order valence-corrected chi connectivity index (χ0v) is 29.6. The molecule has 0 bridgehead atoms. The Morgan fingerprint density at radius 1 is 0.315 bits per heavy atom. The summed E-state index contributed by atoms with van der Waals surface area (Å²) in [6, 6.07) is 75.7. The number of nitrogens with zero attached hydrogens (tertiary/aromatic N) is 1. The summed E-state index contributed by atoms with van der Waals surface area (Å²) >= 11 is 0. The summed E-state index contributed by atoms with van der Waals surface area (Å²) in [7, 11) is 0. The van der Waals surface area contributed by atoms with Gasteiger partial charge in [-0.15, -0.1) is 0 Å². The number of para-hydroxylation sites is 1. The molecule has 10 aromatic rings. The molecule has 0 aliphatic carbocycles. The standard InChI is InChI=1S/C52H35NO/c1-4-17-36(18-5-1)37-31-33-40(34-32-37)53(48-28-15-14-24-42(48)39-21-8-3-9-22-39)49-29-16-30-50-51(49)47-35-46(44-26-12-13-27-45(44)52(47)54-50)43-25-11-10-23-41(43)38-19-6-2-7-20-38/h1-35H. The predicted octanol–water partition coefficient (Wildman–Crippen LogP) is 14.9. The average molecular weight is 690 g/mol. The van der Waals surface area contributed by atoms with E-state index in [-0.39, 0.29) is 0 Å². The van der Waals surface area contributed by atoms with Gasteiger partial charge in [-0.05, 0) is 80.7 Å². The third-order valence-electron chi connectivity index (χ3n) is 10.5. The molecule has 1 aromatic heterocycles. The van der Waals surface area contributed by atoms with Crippen molar-refractivity contribution in [3.05, 3.63) is 212 Å². The van der Waals surface area contributed by atoms with Crippen LogP contribution in [0.25, 0.3) is 77.2 Å². The predicted molar refractivity (Wildman–Crippen MR) is 228 cm³/mol. The Morgan fingerprint density at radius 2 is 0.833 bits per heavy atom. The number of benzene rings is 9. The summed E-state index contributed by atoms with van der Waals surface area (Å²) in [4.78, 5) is 2.40. The fourth-order valence-corrected chi connectivity index (χ4v) is 8.00. The summed E-state index contributed by atoms with van der Waals surface area (Å²) in [5.41, 5.74) is 14.4. The Kier molecular flexibility index (Phi) is 7.85. The lowest BCUT2D eigenvalue weighted by Gasteiger charge is -2.28. The fourth-order valence-electron chi connectivity index (χ4n) is 8.00. The lowest BCUT2D eigenvalue weighted by atomic mass is 9.90. The summed E-state index contributed by atoms with van der Waals surface area (Å²) in [5, 5.41) is 4.42. The second kappa shape index (κ2) is 13.4. The molecule has 2 heteroatoms. The van der Waals surface area contributed by atoms with Crippen molar-refractivity contribution >= 4 is 49.8 Å². The molecule has 0 saturated heterocycles. The maximum absolute atomic E-state index is 6.90. The molecule has 0 aliphatic heterocycles. The fraction of sp³-hybridized carbons (Fsp3) is 0. The van der Waals surface area contributed by atoms with E-state index >= 15 is 0 Å². The molecule has 0 radical (unpaired) electrons. The minimum atomic E-state index is 0.851. The summed E-state index contributed by atoms with van der Waals surface area (Å²) in [6.45, 7) is 0. The number of anilines is 3. The smallest absolute Gasteiger partial charge is 0.143 e. The Morgan fingerprint density at radius 3 is 1.54 bits per heavy atom. The third-order valence-corrected chi connectivity index (χ3v) is 10.5. The first kappa shape index (κ1) is 31.6. The van der Waals surface area contributed by atoms with Crippen LogP contribution >= 0.6 is 0 Å². The number of rotatable bonds is 7. The van der Waals surface area contributed by atoms with E-state index in [1.54, 1.807) is 0 Å². The quantitative estimate of drug-likeness (QED) is 0.166. The average Bonchev–Trinajstić information content (AvgIpc) is 3.64. The first-order valence-electron chi connectivity index (χ1n) is 18.4. The summed E-state index contributed by atoms with van der Waals surface area (Å²) in [5.74, 6) is 0. The first-order chi connectivity index (χ1) is 26.8. The van der Waals surface area contributed by atoms with Gasteiger partial charge in [0.1, 0.15) is 11.2 Å². The van der Waals surface area contributed by atoms with Gasteiger partial charge in [-0.3, -0.25) is 0 Å². The molecule has 0 fully saturated rings. The van der Waals surface area contributed by atoms with E-state index < -0.39 is 0 Å². The Hall–Kier alpha value is -7.16. The minimum Gasteiger partial charge on any atom is -0.455 e. The van der Waals surface area contributed by atoms with Crippen LogP contribution in [0.3, 0.4) is 0 Å². The molecule has 0 spiro atoms. The van der Waals surface area contributed by atoms with Crippen LogP contribution in [0.1, 0.15) is 0 Å². The number of hydrogen-bond acceptors (Lipinski definition) is 2. The van der Waals surface area contributed by atoms with E-state index in [0.29, 0.717) is 0 Å². The van der Waals surface area contributed by atoms with Gasteiger partial charge >= 0.3 is 0 Å². The van der Waals surface area contributed by atoms with Crippen molar-refractivity contribution in [1.82, 2.24) is 0 Å². The van der Waals surface area contributed by atoms with E-state index in [1.165, 1.54) is 33.4 Å². The lowest BCUT2D eigenvalue weighted by Crippen LogP contribution is -2.11. The lowest BCUT2D eigenvalue weighted by molar-refractivity contribution is 0.672. The van der Waals surface area contributed by atoms with Crippen molar-refractivity contribution < 1.29 is 4.42 Å². The SMILES string of the molecule is c1ccc(-c2ccc(N(c3ccccc3-c3ccccc3)c3cccc4oc5c6ccccc6c(-c6ccccc6-c6ccccc6)cc5c34)cc2)cc1. The summed E-state index contributed by atoms with van der Waals surface area (Å²) < 4.78 is 6.90. The van der Waals surface area contributed by atoms with Gasteiger partial charge in [0, 0.05) is 22.0 Å². The van der Waals surface area contributed by atoms with E-state index in [4.69, 9.17) is 4.42 Å². The first-order valence-corrected chi connectivity index (χ1v) is 18.4. The number of furan rings is 1. The molecule has 254 valence electrons. The van der Waals surface area contributed by atoms with Crippen molar-refractivity contribution in [2.24, 2.45) is 0 Å². The third kappa shape index (κ3) is 5.44. The van der Waals surface area contributed by atoms with Gasteiger partial charge in [0.05, 0.1) is 16.8 Å². The highest BCUT2D eigenvalue weighted by molar-refractivity contribution is 6.23. The molecule has 0 aliphatic rings. The van der Waals surface area contributed by atoms with Crippen molar-refractivity contribution in [3.63, 3.8) is 0 Å². The summed E-state index contributed by atoms with van der Waals surface area (Å²) in [6.07, 6.45) is 0. The van der Waals surface area contributed by atoms with E-state index in [1.807, 2.05) is 0 Å². The van der Waals surface area contributed by atoms with Gasteiger partial charge in [0.15, 0.2) is 0 Å². The van der Waals surface area contributed by atoms with Gasteiger partial charge in [-0.2, -0.15) is 0 Å². The molecular formula is C52H35NO. The van der Waals surface area contributed by atoms with E-state index in [2.05, 4.69) is 217 Å². The van der Waals surface area contributed by atoms with Crippen molar-refractivity contribution in [2.75, 3.05) is 4.90 Å². The molecule has 0 atom stereocenters. The molecule has 9 aromatic carbocycles. The monoisotopic (exact) mass is 689 g/mol. The van der Waals surface area contributed by atoms with Crippen molar-refractivity contribution in [3.8, 4) is 44.5 Å². The van der Waals surface area contributed by atoms with Gasteiger partial charge < -0.3 is 9.32 Å². The molecule has 2 nitrogen and oxygen atoms in total. The molecular weight excluding hydrogens is 655 g/mol. The van der Waals surface area contributed by atoms with Crippen LogP contribution < -0.4 is 4.90 Å². The molecule has 10 rings (SSSR count). The molecule has 54 heavy (non-hydrogen) atoms. The zero-order valence-electron chi connectivity index (χ0n) is 29.6. The van der Waals surface area contributed by atoms with Gasteiger partial charge in [-0.1, -0.05) is 176 Å². The Labute approximate surface area is 314 Å². The van der Waals surface area contributed by atoms with Crippen LogP contribution in [0.4, 0.5) is 17.1 Å². The van der Waals surface area contributed by atoms with Crippen LogP contribution in [-0.2, 0) is 0 Å². The largest absolute Gasteiger partial charge is 0.455 e. The molecule has 0 N–H and O–H groups in total. The molecule has 1 heterocycles. The van der Waals surface area contributed by atoms with Crippen molar-refractivity contribution in [1.29, 1.82) is 0 Å². The highest BCUT2D eigenvalue weighted by Gasteiger charge is 2.24. The number of fused-ring (bicyclic) bond motifs is 5. The van der Waals surface area contributed by atoms with Crippen LogP contribution in [0.2, 0.25) is 0 Å². The zero-order chi connectivity index (χ0) is 35.8.